The van der Waals surface area contributed by atoms with Crippen molar-refractivity contribution >= 4 is 50.7 Å². The molecule has 0 spiro atoms. The number of carbonyl (C=O) groups excluding carboxylic acids is 2. The van der Waals surface area contributed by atoms with Gasteiger partial charge in [-0.1, -0.05) is 83.9 Å². The van der Waals surface area contributed by atoms with E-state index >= 15 is 0 Å². The summed E-state index contributed by atoms with van der Waals surface area (Å²) in [5.41, 5.74) is 2.31. The predicted octanol–water partition coefficient (Wildman–Crippen LogP) is 5.89. The molecule has 4 aromatic carbocycles. The molecule has 0 aliphatic rings. The first kappa shape index (κ1) is 32.9. The molecule has 8 nitrogen and oxygen atoms in total. The molecule has 0 saturated heterocycles. The lowest BCUT2D eigenvalue weighted by Crippen LogP contribution is -2.53. The van der Waals surface area contributed by atoms with Crippen LogP contribution in [0.25, 0.3) is 0 Å². The fraction of sp³-hybridized carbons (Fsp3) is 0.212. The second-order valence-electron chi connectivity index (χ2n) is 10.1. The fourth-order valence-corrected chi connectivity index (χ4v) is 6.69. The first-order chi connectivity index (χ1) is 21.0. The predicted molar refractivity (Wildman–Crippen MR) is 174 cm³/mol. The van der Waals surface area contributed by atoms with E-state index in [-0.39, 0.29) is 29.3 Å². The summed E-state index contributed by atoms with van der Waals surface area (Å²) in [6.45, 7) is 1.11. The number of nitrogens with zero attached hydrogens (tertiary/aromatic N) is 2. The van der Waals surface area contributed by atoms with E-state index in [1.807, 2.05) is 37.3 Å². The molecule has 4 rings (SSSR count). The molecule has 0 bridgehead atoms. The second-order valence-corrected chi connectivity index (χ2v) is 12.8. The second kappa shape index (κ2) is 14.6. The highest BCUT2D eigenvalue weighted by Crippen LogP contribution is 2.34. The Bertz CT molecular complexity index is 1720. The summed E-state index contributed by atoms with van der Waals surface area (Å²) >= 11 is 12.7. The van der Waals surface area contributed by atoms with Gasteiger partial charge in [-0.05, 0) is 60.0 Å². The lowest BCUT2D eigenvalue weighted by molar-refractivity contribution is -0.139. The van der Waals surface area contributed by atoms with Crippen molar-refractivity contribution in [2.75, 3.05) is 25.0 Å². The molecule has 0 aromatic heterocycles. The van der Waals surface area contributed by atoms with E-state index in [1.54, 1.807) is 54.6 Å². The summed E-state index contributed by atoms with van der Waals surface area (Å²) in [4.78, 5) is 29.2. The smallest absolute Gasteiger partial charge is 0.264 e. The number of halogens is 2. The highest BCUT2D eigenvalue weighted by atomic mass is 35.5. The number of anilines is 1. The van der Waals surface area contributed by atoms with E-state index in [9.17, 15) is 18.0 Å². The number of likely N-dealkylation sites (N-methyl/N-ethyl adjacent to an activating group) is 1. The van der Waals surface area contributed by atoms with Crippen molar-refractivity contribution in [1.29, 1.82) is 0 Å². The van der Waals surface area contributed by atoms with Gasteiger partial charge in [-0.15, -0.1) is 0 Å². The summed E-state index contributed by atoms with van der Waals surface area (Å²) in [5.74, 6) is -0.774. The van der Waals surface area contributed by atoms with E-state index in [2.05, 4.69) is 5.32 Å². The van der Waals surface area contributed by atoms with Crippen molar-refractivity contribution in [2.24, 2.45) is 0 Å². The summed E-state index contributed by atoms with van der Waals surface area (Å²) in [7, 11) is -1.35. The summed E-state index contributed by atoms with van der Waals surface area (Å²) < 4.78 is 34.9. The van der Waals surface area contributed by atoms with Gasteiger partial charge in [0.1, 0.15) is 18.3 Å². The third-order valence-electron chi connectivity index (χ3n) is 7.09. The van der Waals surface area contributed by atoms with Gasteiger partial charge in [0.2, 0.25) is 11.8 Å². The Balaban J connectivity index is 1.85. The Morgan fingerprint density at radius 3 is 2.18 bits per heavy atom. The van der Waals surface area contributed by atoms with Gasteiger partial charge in [-0.25, -0.2) is 8.42 Å². The maximum Gasteiger partial charge on any atom is 0.264 e. The van der Waals surface area contributed by atoms with Crippen molar-refractivity contribution in [3.05, 3.63) is 124 Å². The molecule has 4 aromatic rings. The Morgan fingerprint density at radius 2 is 1.57 bits per heavy atom. The van der Waals surface area contributed by atoms with Crippen LogP contribution >= 0.6 is 23.2 Å². The molecule has 0 fully saturated rings. The number of nitrogens with one attached hydrogen (secondary N) is 1. The minimum atomic E-state index is -4.27. The van der Waals surface area contributed by atoms with Gasteiger partial charge in [0.25, 0.3) is 10.0 Å². The molecule has 0 radical (unpaired) electrons. The van der Waals surface area contributed by atoms with Crippen LogP contribution in [-0.2, 0) is 32.6 Å². The monoisotopic (exact) mass is 653 g/mol. The molecule has 1 N–H and O–H groups in total. The third-order valence-corrected chi connectivity index (χ3v) is 9.45. The fourth-order valence-electron chi connectivity index (χ4n) is 4.78. The molecule has 0 aliphatic carbocycles. The first-order valence-electron chi connectivity index (χ1n) is 13.8. The number of hydrogen-bond acceptors (Lipinski definition) is 5. The molecule has 0 saturated carbocycles. The number of methoxy groups -OCH3 is 1. The van der Waals surface area contributed by atoms with Crippen molar-refractivity contribution in [3.8, 4) is 5.75 Å². The van der Waals surface area contributed by atoms with Crippen LogP contribution in [0.3, 0.4) is 0 Å². The molecule has 0 heterocycles. The molecular weight excluding hydrogens is 621 g/mol. The average Bonchev–Trinajstić information content (AvgIpc) is 3.02. The SMILES string of the molecule is CNC(=O)C(Cc1ccccc1)N(Cc1ccc(Cl)cc1Cl)C(=O)CN(c1cc(C)ccc1OC)S(=O)(=O)c1ccccc1. The van der Waals surface area contributed by atoms with Crippen LogP contribution in [-0.4, -0.2) is 51.9 Å². The number of amides is 2. The van der Waals surface area contributed by atoms with E-state index in [0.717, 1.165) is 15.4 Å². The number of sulfonamides is 1. The number of benzene rings is 4. The van der Waals surface area contributed by atoms with Gasteiger partial charge in [-0.2, -0.15) is 0 Å². The number of carbonyl (C=O) groups is 2. The molecule has 2 amide bonds. The standard InChI is InChI=1S/C33H33Cl2N3O5S/c1-23-14-17-31(43-3)29(18-23)38(44(41,42)27-12-8-5-9-13-27)22-32(39)37(21-25-15-16-26(34)20-28(25)35)30(33(40)36-2)19-24-10-6-4-7-11-24/h4-18,20,30H,19,21-22H2,1-3H3,(H,36,40). The minimum Gasteiger partial charge on any atom is -0.495 e. The van der Waals surface area contributed by atoms with E-state index < -0.39 is 34.4 Å². The highest BCUT2D eigenvalue weighted by Gasteiger charge is 2.35. The zero-order valence-electron chi connectivity index (χ0n) is 24.5. The normalized spacial score (nSPS) is 11.8. The Labute approximate surface area is 268 Å². The molecular formula is C33H33Cl2N3O5S. The third kappa shape index (κ3) is 7.72. The molecule has 44 heavy (non-hydrogen) atoms. The first-order valence-corrected chi connectivity index (χ1v) is 16.0. The zero-order valence-corrected chi connectivity index (χ0v) is 26.9. The highest BCUT2D eigenvalue weighted by molar-refractivity contribution is 7.92. The number of hydrogen-bond donors (Lipinski definition) is 1. The Hall–Kier alpha value is -4.05. The molecule has 1 atom stereocenters. The van der Waals surface area contributed by atoms with Crippen LogP contribution in [0.2, 0.25) is 10.0 Å². The van der Waals surface area contributed by atoms with Crippen LogP contribution in [0.4, 0.5) is 5.69 Å². The largest absolute Gasteiger partial charge is 0.495 e. The average molecular weight is 655 g/mol. The van der Waals surface area contributed by atoms with Crippen molar-refractivity contribution < 1.29 is 22.7 Å². The summed E-state index contributed by atoms with van der Waals surface area (Å²) in [6, 6.07) is 26.1. The van der Waals surface area contributed by atoms with E-state index in [1.165, 1.54) is 31.2 Å². The van der Waals surface area contributed by atoms with Crippen LogP contribution in [0.15, 0.2) is 102 Å². The molecule has 230 valence electrons. The van der Waals surface area contributed by atoms with Crippen LogP contribution in [0.5, 0.6) is 5.75 Å². The Morgan fingerprint density at radius 1 is 0.909 bits per heavy atom. The van der Waals surface area contributed by atoms with Gasteiger partial charge in [0.05, 0.1) is 17.7 Å². The van der Waals surface area contributed by atoms with Crippen LogP contribution < -0.4 is 14.4 Å². The lowest BCUT2D eigenvalue weighted by atomic mass is 10.0. The lowest BCUT2D eigenvalue weighted by Gasteiger charge is -2.34. The number of aryl methyl sites for hydroxylation is 1. The number of rotatable bonds is 12. The minimum absolute atomic E-state index is 0.00390. The van der Waals surface area contributed by atoms with Gasteiger partial charge >= 0.3 is 0 Å². The van der Waals surface area contributed by atoms with Gasteiger partial charge in [0.15, 0.2) is 0 Å². The maximum absolute atomic E-state index is 14.5. The topological polar surface area (TPSA) is 96.0 Å². The molecule has 11 heteroatoms. The van der Waals surface area contributed by atoms with E-state index in [4.69, 9.17) is 27.9 Å². The van der Waals surface area contributed by atoms with Crippen LogP contribution in [0, 0.1) is 6.92 Å². The molecule has 1 unspecified atom stereocenters. The van der Waals surface area contributed by atoms with Crippen molar-refractivity contribution in [1.82, 2.24) is 10.2 Å². The number of ether oxygens (including phenoxy) is 1. The van der Waals surface area contributed by atoms with Gasteiger partial charge in [0, 0.05) is 30.1 Å². The van der Waals surface area contributed by atoms with E-state index in [0.29, 0.717) is 15.6 Å². The van der Waals surface area contributed by atoms with Crippen molar-refractivity contribution in [2.45, 2.75) is 30.8 Å². The maximum atomic E-state index is 14.5. The Kier molecular flexibility index (Phi) is 10.9. The van der Waals surface area contributed by atoms with Crippen LogP contribution in [0.1, 0.15) is 16.7 Å². The summed E-state index contributed by atoms with van der Waals surface area (Å²) in [5, 5.41) is 3.38. The summed E-state index contributed by atoms with van der Waals surface area (Å²) in [6.07, 6.45) is 0.177. The quantitative estimate of drug-likeness (QED) is 0.206. The zero-order chi connectivity index (χ0) is 31.9. The molecule has 0 aliphatic heterocycles. The van der Waals surface area contributed by atoms with Gasteiger partial charge < -0.3 is 15.0 Å². The van der Waals surface area contributed by atoms with Crippen molar-refractivity contribution in [3.63, 3.8) is 0 Å². The van der Waals surface area contributed by atoms with Gasteiger partial charge in [-0.3, -0.25) is 13.9 Å².